The number of methoxy groups -OCH3 is 1. The number of hydrogen-bond acceptors (Lipinski definition) is 7. The Labute approximate surface area is 251 Å². The molecule has 42 heavy (non-hydrogen) atoms. The Hall–Kier alpha value is -3.85. The zero-order valence-electron chi connectivity index (χ0n) is 25.0. The number of primary amides is 1. The zero-order valence-corrected chi connectivity index (χ0v) is 25.8. The van der Waals surface area contributed by atoms with E-state index in [0.29, 0.717) is 17.2 Å². The van der Waals surface area contributed by atoms with Gasteiger partial charge in [-0.3, -0.25) is 4.90 Å². The number of hydrogen-bond donors (Lipinski definition) is 1. The molecule has 0 bridgehead atoms. The third-order valence-electron chi connectivity index (χ3n) is 7.33. The van der Waals surface area contributed by atoms with Gasteiger partial charge in [0.25, 0.3) is 0 Å². The molecule has 8 nitrogen and oxygen atoms in total. The number of thiophene rings is 1. The fourth-order valence-electron chi connectivity index (χ4n) is 5.62. The van der Waals surface area contributed by atoms with Crippen LogP contribution in [0.3, 0.4) is 0 Å². The Kier molecular flexibility index (Phi) is 9.93. The standard InChI is InChI=1S/C33H40N2O6S/c1-21-28(40-20-27(36)41-33(2,3)4)30(31(37)39-5)42-29(21)24-14-10-16-26(19-24)35(32(34)38)25-15-9-13-23(18-25)17-22-11-7-6-8-12-22/h6-8,10-12,14,16,19,23,25H,9,13,15,17-18,20H2,1-5H3,(H2,34,38). The number of urea groups is 1. The predicted molar refractivity (Wildman–Crippen MR) is 165 cm³/mol. The Bertz CT molecular complexity index is 1410. The molecule has 0 saturated heterocycles. The molecule has 2 N–H and O–H groups in total. The normalized spacial score (nSPS) is 16.9. The summed E-state index contributed by atoms with van der Waals surface area (Å²) in [7, 11) is 1.30. The molecule has 0 spiro atoms. The molecule has 3 aromatic rings. The lowest BCUT2D eigenvalue weighted by Gasteiger charge is -2.37. The number of esters is 2. The summed E-state index contributed by atoms with van der Waals surface area (Å²) in [5.41, 5.74) is 8.81. The van der Waals surface area contributed by atoms with Gasteiger partial charge in [0.1, 0.15) is 11.4 Å². The van der Waals surface area contributed by atoms with Crippen LogP contribution < -0.4 is 15.4 Å². The minimum atomic E-state index is -0.660. The minimum Gasteiger partial charge on any atom is -0.480 e. The van der Waals surface area contributed by atoms with Gasteiger partial charge in [0, 0.05) is 22.2 Å². The van der Waals surface area contributed by atoms with Crippen LogP contribution in [0.1, 0.15) is 67.3 Å². The van der Waals surface area contributed by atoms with Crippen molar-refractivity contribution in [1.29, 1.82) is 0 Å². The van der Waals surface area contributed by atoms with Crippen LogP contribution in [0.2, 0.25) is 0 Å². The number of rotatable bonds is 9. The molecule has 1 aliphatic carbocycles. The molecule has 1 aromatic heterocycles. The monoisotopic (exact) mass is 592 g/mol. The van der Waals surface area contributed by atoms with Crippen LogP contribution in [0.25, 0.3) is 10.4 Å². The molecule has 1 fully saturated rings. The smallest absolute Gasteiger partial charge is 0.351 e. The quantitative estimate of drug-likeness (QED) is 0.270. The molecule has 2 aromatic carbocycles. The molecule has 1 saturated carbocycles. The van der Waals surface area contributed by atoms with Crippen molar-refractivity contribution in [2.45, 2.75) is 71.4 Å². The van der Waals surface area contributed by atoms with Crippen LogP contribution in [0.15, 0.2) is 54.6 Å². The molecule has 0 aliphatic heterocycles. The largest absolute Gasteiger partial charge is 0.480 e. The number of nitrogens with zero attached hydrogens (tertiary/aromatic N) is 1. The van der Waals surface area contributed by atoms with Crippen molar-refractivity contribution in [3.8, 4) is 16.2 Å². The molecule has 1 aliphatic rings. The van der Waals surface area contributed by atoms with Crippen molar-refractivity contribution in [2.24, 2.45) is 11.7 Å². The van der Waals surface area contributed by atoms with Gasteiger partial charge in [0.15, 0.2) is 11.5 Å². The Morgan fingerprint density at radius 3 is 2.45 bits per heavy atom. The fraction of sp³-hybridized carbons (Fsp3) is 0.424. The first-order valence-electron chi connectivity index (χ1n) is 14.3. The van der Waals surface area contributed by atoms with E-state index < -0.39 is 23.6 Å². The second-order valence-electron chi connectivity index (χ2n) is 11.7. The lowest BCUT2D eigenvalue weighted by Crippen LogP contribution is -2.46. The second-order valence-corrected chi connectivity index (χ2v) is 12.7. The van der Waals surface area contributed by atoms with Crippen LogP contribution in [-0.4, -0.2) is 43.3 Å². The van der Waals surface area contributed by atoms with E-state index in [0.717, 1.165) is 42.5 Å². The number of carbonyl (C=O) groups excluding carboxylic acids is 3. The van der Waals surface area contributed by atoms with Gasteiger partial charge in [0.05, 0.1) is 7.11 Å². The maximum Gasteiger partial charge on any atom is 0.351 e. The van der Waals surface area contributed by atoms with E-state index in [4.69, 9.17) is 19.9 Å². The maximum atomic E-state index is 12.8. The third kappa shape index (κ3) is 7.70. The summed E-state index contributed by atoms with van der Waals surface area (Å²) in [5.74, 6) is -0.360. The Morgan fingerprint density at radius 2 is 1.79 bits per heavy atom. The highest BCUT2D eigenvalue weighted by atomic mass is 32.1. The van der Waals surface area contributed by atoms with Crippen molar-refractivity contribution in [3.63, 3.8) is 0 Å². The van der Waals surface area contributed by atoms with Crippen molar-refractivity contribution in [2.75, 3.05) is 18.6 Å². The summed E-state index contributed by atoms with van der Waals surface area (Å²) in [6.07, 6.45) is 4.87. The number of anilines is 1. The van der Waals surface area contributed by atoms with E-state index in [1.54, 1.807) is 25.7 Å². The molecule has 2 unspecified atom stereocenters. The van der Waals surface area contributed by atoms with Crippen molar-refractivity contribution in [1.82, 2.24) is 0 Å². The van der Waals surface area contributed by atoms with E-state index in [1.807, 2.05) is 37.3 Å². The van der Waals surface area contributed by atoms with Gasteiger partial charge >= 0.3 is 18.0 Å². The van der Waals surface area contributed by atoms with Gasteiger partial charge in [0.2, 0.25) is 0 Å². The first-order chi connectivity index (χ1) is 20.0. The van der Waals surface area contributed by atoms with E-state index >= 15 is 0 Å². The van der Waals surface area contributed by atoms with E-state index in [-0.39, 0.29) is 23.3 Å². The highest BCUT2D eigenvalue weighted by molar-refractivity contribution is 7.18. The number of nitrogens with two attached hydrogens (primary N) is 1. The lowest BCUT2D eigenvalue weighted by atomic mass is 9.81. The highest BCUT2D eigenvalue weighted by Gasteiger charge is 2.31. The number of amides is 2. The second kappa shape index (κ2) is 13.4. The van der Waals surface area contributed by atoms with Gasteiger partial charge in [-0.15, -0.1) is 11.3 Å². The van der Waals surface area contributed by atoms with Gasteiger partial charge < -0.3 is 19.9 Å². The van der Waals surface area contributed by atoms with Gasteiger partial charge in [-0.25, -0.2) is 14.4 Å². The van der Waals surface area contributed by atoms with E-state index in [9.17, 15) is 14.4 Å². The average Bonchev–Trinajstić information content (AvgIpc) is 3.27. The van der Waals surface area contributed by atoms with Crippen LogP contribution in [0.5, 0.6) is 5.75 Å². The highest BCUT2D eigenvalue weighted by Crippen LogP contribution is 2.43. The fourth-order valence-corrected chi connectivity index (χ4v) is 6.79. The van der Waals surface area contributed by atoms with Crippen LogP contribution in [0, 0.1) is 12.8 Å². The third-order valence-corrected chi connectivity index (χ3v) is 8.63. The van der Waals surface area contributed by atoms with Crippen LogP contribution >= 0.6 is 11.3 Å². The molecule has 2 amide bonds. The molecule has 2 atom stereocenters. The summed E-state index contributed by atoms with van der Waals surface area (Å²) < 4.78 is 16.2. The van der Waals surface area contributed by atoms with Gasteiger partial charge in [-0.05, 0) is 82.6 Å². The van der Waals surface area contributed by atoms with Crippen molar-refractivity contribution < 1.29 is 28.6 Å². The first-order valence-corrected chi connectivity index (χ1v) is 15.1. The average molecular weight is 593 g/mol. The first kappa shape index (κ1) is 31.1. The predicted octanol–water partition coefficient (Wildman–Crippen LogP) is 6.92. The van der Waals surface area contributed by atoms with Gasteiger partial charge in [-0.2, -0.15) is 0 Å². The topological polar surface area (TPSA) is 108 Å². The Balaban J connectivity index is 1.60. The maximum absolute atomic E-state index is 12.8. The summed E-state index contributed by atoms with van der Waals surface area (Å²) in [5, 5.41) is 0. The summed E-state index contributed by atoms with van der Waals surface area (Å²) >= 11 is 1.22. The molecular formula is C33H40N2O6S. The molecule has 1 heterocycles. The van der Waals surface area contributed by atoms with Gasteiger partial charge in [-0.1, -0.05) is 48.9 Å². The lowest BCUT2D eigenvalue weighted by molar-refractivity contribution is -0.157. The van der Waals surface area contributed by atoms with Crippen molar-refractivity contribution in [3.05, 3.63) is 70.6 Å². The van der Waals surface area contributed by atoms with Crippen LogP contribution in [0.4, 0.5) is 10.5 Å². The number of benzene rings is 2. The SMILES string of the molecule is COC(=O)c1sc(-c2cccc(N(C(N)=O)C3CCCC(Cc4ccccc4)C3)c2)c(C)c1OCC(=O)OC(C)(C)C. The Morgan fingerprint density at radius 1 is 1.05 bits per heavy atom. The summed E-state index contributed by atoms with van der Waals surface area (Å²) in [6, 6.07) is 17.5. The molecule has 4 rings (SSSR count). The van der Waals surface area contributed by atoms with E-state index in [2.05, 4.69) is 24.3 Å². The van der Waals surface area contributed by atoms with Crippen LogP contribution in [-0.2, 0) is 20.7 Å². The van der Waals surface area contributed by atoms with E-state index in [1.165, 1.54) is 24.0 Å². The number of carbonyl (C=O) groups is 3. The summed E-state index contributed by atoms with van der Waals surface area (Å²) in [4.78, 5) is 40.6. The molecule has 9 heteroatoms. The molecule has 0 radical (unpaired) electrons. The zero-order chi connectivity index (χ0) is 30.4. The van der Waals surface area contributed by atoms with Crippen molar-refractivity contribution >= 4 is 35.0 Å². The molecular weight excluding hydrogens is 552 g/mol. The minimum absolute atomic E-state index is 0.0111. The summed E-state index contributed by atoms with van der Waals surface area (Å²) in [6.45, 7) is 6.81. The molecule has 224 valence electrons. The number of ether oxygens (including phenoxy) is 3.